The van der Waals surface area contributed by atoms with Gasteiger partial charge in [0.05, 0.1) is 40.4 Å². The summed E-state index contributed by atoms with van der Waals surface area (Å²) in [7, 11) is -8.03. The highest BCUT2D eigenvalue weighted by atomic mass is 28.3. The number of hydrogen-bond donors (Lipinski definition) is 0. The van der Waals surface area contributed by atoms with Crippen molar-refractivity contribution in [3.63, 3.8) is 0 Å². The van der Waals surface area contributed by atoms with Crippen molar-refractivity contribution >= 4 is 40.4 Å². The Balaban J connectivity index is 2.53. The third kappa shape index (κ3) is 6.14. The van der Waals surface area contributed by atoms with Gasteiger partial charge in [-0.25, -0.2) is 0 Å². The Hall–Kier alpha value is 1.08. The molecule has 2 rings (SSSR count). The lowest BCUT2D eigenvalue weighted by Crippen LogP contribution is -2.52. The van der Waals surface area contributed by atoms with Gasteiger partial charge in [0.25, 0.3) is 0 Å². The Morgan fingerprint density at radius 2 is 0.629 bits per heavy atom. The van der Waals surface area contributed by atoms with Gasteiger partial charge in [-0.1, -0.05) is 120 Å². The van der Waals surface area contributed by atoms with Gasteiger partial charge in [-0.15, -0.1) is 0 Å². The van der Waals surface area contributed by atoms with Crippen molar-refractivity contribution < 1.29 is 0 Å². The Morgan fingerprint density at radius 1 is 0.400 bits per heavy atom. The lowest BCUT2D eigenvalue weighted by Gasteiger charge is -2.46. The first kappa shape index (κ1) is 32.3. The molecule has 2 aliphatic rings. The van der Waals surface area contributed by atoms with E-state index in [0.717, 1.165) is 0 Å². The lowest BCUT2D eigenvalue weighted by atomic mass is 10.2. The summed E-state index contributed by atoms with van der Waals surface area (Å²) in [4.78, 5) is 0. The van der Waals surface area contributed by atoms with E-state index < -0.39 is 40.4 Å². The molecule has 0 N–H and O–H groups in total. The van der Waals surface area contributed by atoms with Crippen molar-refractivity contribution in [1.82, 2.24) is 0 Å². The second-order valence-electron chi connectivity index (χ2n) is 17.0. The fraction of sp³-hybridized carbons (Fsp3) is 0.667. The Kier molecular flexibility index (Phi) is 8.88. The quantitative estimate of drug-likeness (QED) is 0.284. The van der Waals surface area contributed by atoms with Gasteiger partial charge in [0.1, 0.15) is 0 Å². The molecule has 0 spiro atoms. The maximum Gasteiger partial charge on any atom is 0.0618 e. The van der Waals surface area contributed by atoms with Crippen LogP contribution in [0.3, 0.4) is 0 Å². The smallest absolute Gasteiger partial charge is 0.0618 e. The third-order valence-electron chi connectivity index (χ3n) is 9.94. The number of hydrogen-bond acceptors (Lipinski definition) is 0. The van der Waals surface area contributed by atoms with E-state index in [0.29, 0.717) is 10.1 Å². The van der Waals surface area contributed by atoms with Crippen LogP contribution in [0.5, 0.6) is 0 Å². The van der Waals surface area contributed by atoms with Crippen LogP contribution in [0.4, 0.5) is 0 Å². The molecule has 5 heteroatoms. The van der Waals surface area contributed by atoms with Crippen LogP contribution in [0, 0.1) is 58.9 Å². The summed E-state index contributed by atoms with van der Waals surface area (Å²) >= 11 is 0. The van der Waals surface area contributed by atoms with Gasteiger partial charge in [-0.05, 0) is 69.0 Å². The fourth-order valence-electron chi connectivity index (χ4n) is 5.02. The maximum atomic E-state index is 2.74. The molecule has 0 bridgehead atoms. The molecule has 0 atom stereocenters. The van der Waals surface area contributed by atoms with Crippen LogP contribution in [0.25, 0.3) is 0 Å². The zero-order valence-corrected chi connectivity index (χ0v) is 31.8. The zero-order valence-electron chi connectivity index (χ0n) is 26.8. The highest BCUT2D eigenvalue weighted by molar-refractivity contribution is 6.99. The van der Waals surface area contributed by atoms with E-state index in [-0.39, 0.29) is 0 Å². The molecular formula is C30H58Si5. The van der Waals surface area contributed by atoms with Crippen LogP contribution in [0.2, 0.25) is 88.6 Å². The lowest BCUT2D eigenvalue weighted by molar-refractivity contribution is 0.719. The first-order valence-electron chi connectivity index (χ1n) is 13.8. The minimum absolute atomic E-state index is 0.361. The molecule has 10 radical (unpaired) electrons. The van der Waals surface area contributed by atoms with Crippen molar-refractivity contribution in [2.45, 2.75) is 130 Å². The molecule has 0 amide bonds. The van der Waals surface area contributed by atoms with E-state index in [2.05, 4.69) is 146 Å². The molecule has 0 nitrogen and oxygen atoms in total. The molecule has 0 aromatic carbocycles. The van der Waals surface area contributed by atoms with Crippen LogP contribution in [0.15, 0.2) is 0 Å². The SMILES string of the molecule is CC(C)(C)[Si](C)(C)[C]1[CH][C]([Si](C)(C)C)[C]([Si](C)(C)[C]2[CH][C]([Si](C)(C)C(C)(C)C)[CH][C]2[Si](C)(C)C)[CH]1. The molecule has 0 aliphatic heterocycles. The predicted molar refractivity (Wildman–Crippen MR) is 175 cm³/mol. The molecule has 0 heterocycles. The highest BCUT2D eigenvalue weighted by Crippen LogP contribution is 2.62. The summed E-state index contributed by atoms with van der Waals surface area (Å²) in [6.45, 7) is 45.9. The molecule has 2 aliphatic carbocycles. The maximum absolute atomic E-state index is 2.74. The van der Waals surface area contributed by atoms with Crippen LogP contribution in [-0.4, -0.2) is 40.4 Å². The molecule has 35 heavy (non-hydrogen) atoms. The van der Waals surface area contributed by atoms with E-state index in [1.165, 1.54) is 0 Å². The summed E-state index contributed by atoms with van der Waals surface area (Å²) in [5, 5.41) is 0.723. The molecule has 0 aromatic rings. The van der Waals surface area contributed by atoms with Crippen LogP contribution < -0.4 is 0 Å². The molecule has 0 saturated heterocycles. The predicted octanol–water partition coefficient (Wildman–Crippen LogP) is 9.91. The summed E-state index contributed by atoms with van der Waals surface area (Å²) in [6.07, 6.45) is 10.9. The topological polar surface area (TPSA) is 0 Å². The zero-order chi connectivity index (χ0) is 27.8. The first-order chi connectivity index (χ1) is 15.2. The first-order valence-corrected chi connectivity index (χ1v) is 29.8. The van der Waals surface area contributed by atoms with Gasteiger partial charge in [0, 0.05) is 0 Å². The van der Waals surface area contributed by atoms with Gasteiger partial charge in [0.2, 0.25) is 0 Å². The normalized spacial score (nSPS) is 23.1. The van der Waals surface area contributed by atoms with Gasteiger partial charge < -0.3 is 0 Å². The molecule has 0 aromatic heterocycles. The van der Waals surface area contributed by atoms with Crippen LogP contribution in [-0.2, 0) is 0 Å². The largest absolute Gasteiger partial charge is 0.0691 e. The van der Waals surface area contributed by atoms with Gasteiger partial charge in [-0.3, -0.25) is 0 Å². The molecule has 2 fully saturated rings. The van der Waals surface area contributed by atoms with E-state index in [9.17, 15) is 0 Å². The van der Waals surface area contributed by atoms with E-state index in [1.807, 2.05) is 0 Å². The summed E-state index contributed by atoms with van der Waals surface area (Å²) in [5.41, 5.74) is 10.4. The Labute approximate surface area is 228 Å². The fourth-order valence-corrected chi connectivity index (χ4v) is 19.2. The summed E-state index contributed by atoms with van der Waals surface area (Å²) in [6, 6.07) is 0. The van der Waals surface area contributed by atoms with E-state index in [1.54, 1.807) is 33.2 Å². The van der Waals surface area contributed by atoms with Gasteiger partial charge in [-0.2, -0.15) is 0 Å². The van der Waals surface area contributed by atoms with Crippen LogP contribution in [0.1, 0.15) is 41.5 Å². The van der Waals surface area contributed by atoms with Crippen molar-refractivity contribution in [1.29, 1.82) is 0 Å². The molecule has 198 valence electrons. The van der Waals surface area contributed by atoms with Crippen molar-refractivity contribution in [3.05, 3.63) is 58.9 Å². The summed E-state index contributed by atoms with van der Waals surface area (Å²) in [5.74, 6) is 0. The van der Waals surface area contributed by atoms with Crippen molar-refractivity contribution in [2.75, 3.05) is 0 Å². The van der Waals surface area contributed by atoms with E-state index in [4.69, 9.17) is 0 Å². The standard InChI is InChI=1S/C30H58Si5/c1-29(2,3)34(15,16)23-19-25(31(7,8)9)27(21-23)33(13,14)28-22-24(20-26(28)32(10,11)12)35(17,18)30(4,5)6/h19-22H,1-18H3. The summed E-state index contributed by atoms with van der Waals surface area (Å²) < 4.78 is 0. The van der Waals surface area contributed by atoms with Crippen molar-refractivity contribution in [3.8, 4) is 0 Å². The minimum Gasteiger partial charge on any atom is -0.0691 e. The molecule has 2 saturated carbocycles. The second-order valence-corrected chi connectivity index (χ2v) is 42.1. The Bertz CT molecular complexity index is 677. The van der Waals surface area contributed by atoms with Gasteiger partial charge >= 0.3 is 0 Å². The van der Waals surface area contributed by atoms with Crippen molar-refractivity contribution in [2.24, 2.45) is 0 Å². The number of rotatable bonds is 6. The molecular weight excluding hydrogens is 501 g/mol. The molecule has 0 unspecified atom stereocenters. The third-order valence-corrected chi connectivity index (χ3v) is 29.0. The van der Waals surface area contributed by atoms with E-state index >= 15 is 0 Å². The minimum atomic E-state index is -1.88. The van der Waals surface area contributed by atoms with Gasteiger partial charge in [0.15, 0.2) is 0 Å². The second kappa shape index (κ2) is 9.62. The highest BCUT2D eigenvalue weighted by Gasteiger charge is 2.62. The average Bonchev–Trinajstić information content (AvgIpc) is 3.25. The average molecular weight is 559 g/mol. The van der Waals surface area contributed by atoms with Crippen LogP contribution >= 0.6 is 0 Å². The Morgan fingerprint density at radius 3 is 0.829 bits per heavy atom. The monoisotopic (exact) mass is 558 g/mol.